The van der Waals surface area contributed by atoms with Crippen LogP contribution in [0.25, 0.3) is 0 Å². The van der Waals surface area contributed by atoms with Crippen molar-refractivity contribution in [3.63, 3.8) is 0 Å². The molecule has 4 N–H and O–H groups in total. The molecule has 6 heteroatoms. The highest BCUT2D eigenvalue weighted by Gasteiger charge is 2.58. The van der Waals surface area contributed by atoms with Gasteiger partial charge >= 0.3 is 0 Å². The topological polar surface area (TPSA) is 67.8 Å². The third-order valence-corrected chi connectivity index (χ3v) is 12.3. The van der Waals surface area contributed by atoms with Gasteiger partial charge in [-0.3, -0.25) is 0 Å². The molecule has 6 nitrogen and oxygen atoms in total. The van der Waals surface area contributed by atoms with Crippen molar-refractivity contribution in [1.82, 2.24) is 0 Å². The van der Waals surface area contributed by atoms with E-state index in [0.29, 0.717) is 34.9 Å². The number of hydrogen-bond acceptors (Lipinski definition) is 4. The number of ether oxygens (including phenoxy) is 2. The summed E-state index contributed by atoms with van der Waals surface area (Å²) in [5.74, 6) is 2.98. The van der Waals surface area contributed by atoms with Crippen LogP contribution in [0.3, 0.4) is 0 Å². The lowest BCUT2D eigenvalue weighted by molar-refractivity contribution is -0.921. The van der Waals surface area contributed by atoms with Gasteiger partial charge in [0.15, 0.2) is 0 Å². The zero-order valence-electron chi connectivity index (χ0n) is 24.8. The first-order valence-corrected chi connectivity index (χ1v) is 15.2. The summed E-state index contributed by atoms with van der Waals surface area (Å²) in [6.45, 7) is 21.4. The third-order valence-electron chi connectivity index (χ3n) is 12.3. The summed E-state index contributed by atoms with van der Waals surface area (Å²) in [5.41, 5.74) is 1.56. The fourth-order valence-corrected chi connectivity index (χ4v) is 8.74. The van der Waals surface area contributed by atoms with E-state index in [1.807, 2.05) is 24.3 Å². The molecule has 4 aliphatic rings. The normalized spacial score (nSPS) is 38.5. The lowest BCUT2D eigenvalue weighted by Crippen LogP contribution is -3.16. The largest absolute Gasteiger partial charge is 0.491 e. The molecule has 2 saturated carbocycles. The highest BCUT2D eigenvalue weighted by molar-refractivity contribution is 5.31. The maximum Gasteiger partial charge on any atom is 0.137 e. The van der Waals surface area contributed by atoms with E-state index in [1.165, 1.54) is 35.5 Å². The van der Waals surface area contributed by atoms with Gasteiger partial charge in [-0.15, -0.1) is 0 Å². The summed E-state index contributed by atoms with van der Waals surface area (Å²) >= 11 is 0. The molecule has 2 unspecified atom stereocenters. The van der Waals surface area contributed by atoms with E-state index >= 15 is 0 Å². The Balaban J connectivity index is 1.02. The van der Waals surface area contributed by atoms with Crippen molar-refractivity contribution in [2.75, 3.05) is 52.5 Å². The van der Waals surface area contributed by atoms with Crippen molar-refractivity contribution in [3.05, 3.63) is 24.3 Å². The lowest BCUT2D eigenvalue weighted by Gasteiger charge is -2.48. The van der Waals surface area contributed by atoms with Gasteiger partial charge in [-0.2, -0.15) is 0 Å². The molecule has 4 fully saturated rings. The average Bonchev–Trinajstić information content (AvgIpc) is 3.05. The predicted octanol–water partition coefficient (Wildman–Crippen LogP) is 1.85. The van der Waals surface area contributed by atoms with E-state index in [9.17, 15) is 10.2 Å². The standard InChI is InChI=1S/C32H52N2O4/c1-29(2)23-11-13-31(29,5)21-33(15-23)17-25(35)19-37-27-7-9-28(10-8-27)38-20-26(36)18-34-16-24-12-14-32(6,22-34)30(24,3)4/h7-10,23-26,35-36H,11-22H2,1-6H3/p+2/t23-,24+,25-,26-,31-,32+/m1/s1. The summed E-state index contributed by atoms with van der Waals surface area (Å²) in [6.07, 6.45) is 4.32. The molecule has 2 saturated heterocycles. The van der Waals surface area contributed by atoms with Crippen LogP contribution in [-0.4, -0.2) is 74.9 Å². The Morgan fingerprint density at radius 2 is 1.08 bits per heavy atom. The molecule has 2 aliphatic heterocycles. The molecule has 2 aliphatic carbocycles. The summed E-state index contributed by atoms with van der Waals surface area (Å²) in [5, 5.41) is 21.4. The highest BCUT2D eigenvalue weighted by Crippen LogP contribution is 2.57. The Hall–Kier alpha value is -1.34. The van der Waals surface area contributed by atoms with E-state index < -0.39 is 12.2 Å². The van der Waals surface area contributed by atoms with Gasteiger partial charge in [0, 0.05) is 22.7 Å². The van der Waals surface area contributed by atoms with Crippen LogP contribution >= 0.6 is 0 Å². The summed E-state index contributed by atoms with van der Waals surface area (Å²) in [4.78, 5) is 3.04. The van der Waals surface area contributed by atoms with Crippen LogP contribution in [0.2, 0.25) is 0 Å². The molecule has 0 amide bonds. The van der Waals surface area contributed by atoms with Gasteiger partial charge < -0.3 is 29.5 Å². The number of hydrogen-bond donors (Lipinski definition) is 4. The summed E-state index contributed by atoms with van der Waals surface area (Å²) in [7, 11) is 0. The van der Waals surface area contributed by atoms with Crippen LogP contribution in [0.1, 0.15) is 67.2 Å². The maximum absolute atomic E-state index is 10.7. The summed E-state index contributed by atoms with van der Waals surface area (Å²) < 4.78 is 11.8. The number of piperidine rings is 2. The Labute approximate surface area is 230 Å². The fourth-order valence-electron chi connectivity index (χ4n) is 8.74. The van der Waals surface area contributed by atoms with Crippen LogP contribution in [0, 0.1) is 33.5 Å². The number of quaternary nitrogens is 2. The Morgan fingerprint density at radius 3 is 1.42 bits per heavy atom. The Kier molecular flexibility index (Phi) is 7.60. The molecule has 8 atom stereocenters. The number of rotatable bonds is 10. The first-order valence-electron chi connectivity index (χ1n) is 15.2. The molecule has 0 radical (unpaired) electrons. The molecule has 5 rings (SSSR count). The number of likely N-dealkylation sites (tertiary alicyclic amines) is 2. The van der Waals surface area contributed by atoms with Gasteiger partial charge in [0.1, 0.15) is 50.0 Å². The van der Waals surface area contributed by atoms with E-state index in [2.05, 4.69) is 41.5 Å². The van der Waals surface area contributed by atoms with Gasteiger partial charge in [0.25, 0.3) is 0 Å². The first-order chi connectivity index (χ1) is 17.8. The van der Waals surface area contributed by atoms with Crippen molar-refractivity contribution in [2.24, 2.45) is 33.5 Å². The SMILES string of the molecule is CC1(C)[C@H]2CC[C@@]1(C)C[NH+](C[C@@H](O)COc1ccc(OC[C@H](O)C[NH+]3C[C@H]4CC[C@](C)(C3)C4(C)C)cc1)C2. The fraction of sp³-hybridized carbons (Fsp3) is 0.812. The first kappa shape index (κ1) is 28.2. The maximum atomic E-state index is 10.7. The number of aliphatic hydroxyl groups is 2. The van der Waals surface area contributed by atoms with Crippen LogP contribution < -0.4 is 19.3 Å². The van der Waals surface area contributed by atoms with Crippen molar-refractivity contribution < 1.29 is 29.5 Å². The van der Waals surface area contributed by atoms with Crippen molar-refractivity contribution >= 4 is 0 Å². The molecule has 2 heterocycles. The van der Waals surface area contributed by atoms with Gasteiger partial charge in [0.2, 0.25) is 0 Å². The Bertz CT molecular complexity index is 888. The van der Waals surface area contributed by atoms with Gasteiger partial charge in [-0.05, 0) is 60.8 Å². The van der Waals surface area contributed by atoms with Crippen LogP contribution in [0.5, 0.6) is 11.5 Å². The molecule has 1 aromatic rings. The second kappa shape index (κ2) is 10.2. The highest BCUT2D eigenvalue weighted by atomic mass is 16.5. The van der Waals surface area contributed by atoms with E-state index in [1.54, 1.807) is 0 Å². The minimum atomic E-state index is -0.472. The Morgan fingerprint density at radius 1 is 0.711 bits per heavy atom. The summed E-state index contributed by atoms with van der Waals surface area (Å²) in [6, 6.07) is 7.57. The number of benzene rings is 1. The van der Waals surface area contributed by atoms with Crippen LogP contribution in [0.4, 0.5) is 0 Å². The van der Waals surface area contributed by atoms with Crippen molar-refractivity contribution in [2.45, 2.75) is 79.4 Å². The molecule has 214 valence electrons. The monoisotopic (exact) mass is 530 g/mol. The average molecular weight is 531 g/mol. The quantitative estimate of drug-likeness (QED) is 0.373. The molecule has 0 aromatic heterocycles. The van der Waals surface area contributed by atoms with E-state index in [-0.39, 0.29) is 0 Å². The van der Waals surface area contributed by atoms with Gasteiger partial charge in [0.05, 0.1) is 26.2 Å². The number of aliphatic hydroxyl groups excluding tert-OH is 2. The molecule has 1 aromatic carbocycles. The predicted molar refractivity (Wildman–Crippen MR) is 150 cm³/mol. The lowest BCUT2D eigenvalue weighted by atomic mass is 9.63. The van der Waals surface area contributed by atoms with Crippen LogP contribution in [-0.2, 0) is 0 Å². The molecule has 0 spiro atoms. The van der Waals surface area contributed by atoms with Crippen molar-refractivity contribution in [1.29, 1.82) is 0 Å². The minimum Gasteiger partial charge on any atom is -0.491 e. The zero-order chi connectivity index (χ0) is 27.3. The second-order valence-corrected chi connectivity index (χ2v) is 15.1. The number of fused-ring (bicyclic) bond motifs is 4. The molecular formula is C32H54N2O4+2. The number of nitrogens with one attached hydrogen (secondary N) is 2. The second-order valence-electron chi connectivity index (χ2n) is 15.1. The zero-order valence-corrected chi connectivity index (χ0v) is 24.8. The van der Waals surface area contributed by atoms with E-state index in [0.717, 1.165) is 62.6 Å². The van der Waals surface area contributed by atoms with Gasteiger partial charge in [-0.1, -0.05) is 41.5 Å². The van der Waals surface area contributed by atoms with Crippen LogP contribution in [0.15, 0.2) is 24.3 Å². The van der Waals surface area contributed by atoms with E-state index in [4.69, 9.17) is 9.47 Å². The smallest absolute Gasteiger partial charge is 0.137 e. The third kappa shape index (κ3) is 5.23. The molecule has 38 heavy (non-hydrogen) atoms. The molecular weight excluding hydrogens is 476 g/mol. The minimum absolute atomic E-state index is 0.308. The molecule has 4 bridgehead atoms. The van der Waals surface area contributed by atoms with Crippen molar-refractivity contribution in [3.8, 4) is 11.5 Å². The van der Waals surface area contributed by atoms with Gasteiger partial charge in [-0.25, -0.2) is 0 Å².